The number of carbonyl (C=O) groups is 2. The molecule has 0 aliphatic carbocycles. The molecule has 2 N–H and O–H groups in total. The first-order chi connectivity index (χ1) is 10.8. The van der Waals surface area contributed by atoms with E-state index in [4.69, 9.17) is 4.42 Å². The highest BCUT2D eigenvalue weighted by molar-refractivity contribution is 7.88. The van der Waals surface area contributed by atoms with Crippen molar-refractivity contribution in [2.75, 3.05) is 25.9 Å². The normalized spacial score (nSPS) is 18.7. The molecule has 0 saturated carbocycles. The molecule has 1 unspecified atom stereocenters. The van der Waals surface area contributed by atoms with E-state index in [2.05, 4.69) is 10.0 Å². The number of rotatable bonds is 6. The van der Waals surface area contributed by atoms with E-state index in [-0.39, 0.29) is 36.6 Å². The van der Waals surface area contributed by atoms with Crippen LogP contribution in [0.5, 0.6) is 0 Å². The van der Waals surface area contributed by atoms with E-state index < -0.39 is 10.0 Å². The number of hydrogen-bond donors (Lipinski definition) is 2. The lowest BCUT2D eigenvalue weighted by Gasteiger charge is -2.32. The highest BCUT2D eigenvalue weighted by Gasteiger charge is 2.26. The minimum atomic E-state index is -3.29. The second kappa shape index (κ2) is 7.60. The highest BCUT2D eigenvalue weighted by atomic mass is 32.2. The van der Waals surface area contributed by atoms with Gasteiger partial charge in [0.25, 0.3) is 5.91 Å². The zero-order chi connectivity index (χ0) is 16.9. The van der Waals surface area contributed by atoms with Crippen LogP contribution in [0.4, 0.5) is 0 Å². The van der Waals surface area contributed by atoms with Crippen molar-refractivity contribution in [2.24, 2.45) is 0 Å². The van der Waals surface area contributed by atoms with Crippen LogP contribution in [-0.2, 0) is 14.8 Å². The fourth-order valence-corrected chi connectivity index (χ4v) is 2.96. The first kappa shape index (κ1) is 17.5. The summed E-state index contributed by atoms with van der Waals surface area (Å²) in [6, 6.07) is 3.14. The number of nitrogens with zero attached hydrogens (tertiary/aromatic N) is 1. The summed E-state index contributed by atoms with van der Waals surface area (Å²) in [4.78, 5) is 25.7. The summed E-state index contributed by atoms with van der Waals surface area (Å²) in [7, 11) is -3.29. The van der Waals surface area contributed by atoms with Crippen molar-refractivity contribution < 1.29 is 22.4 Å². The smallest absolute Gasteiger partial charge is 0.289 e. The van der Waals surface area contributed by atoms with Gasteiger partial charge in [0.05, 0.1) is 12.5 Å². The van der Waals surface area contributed by atoms with Crippen molar-refractivity contribution in [1.82, 2.24) is 14.9 Å². The van der Waals surface area contributed by atoms with E-state index in [0.29, 0.717) is 13.1 Å². The van der Waals surface area contributed by atoms with Crippen molar-refractivity contribution in [3.63, 3.8) is 0 Å². The molecule has 1 saturated heterocycles. The van der Waals surface area contributed by atoms with Crippen molar-refractivity contribution in [3.8, 4) is 0 Å². The molecule has 0 aromatic carbocycles. The van der Waals surface area contributed by atoms with E-state index in [1.807, 2.05) is 0 Å². The highest BCUT2D eigenvalue weighted by Crippen LogP contribution is 2.14. The first-order valence-electron chi connectivity index (χ1n) is 7.42. The van der Waals surface area contributed by atoms with Crippen LogP contribution in [0.15, 0.2) is 22.8 Å². The summed E-state index contributed by atoms with van der Waals surface area (Å²) < 4.78 is 29.3. The van der Waals surface area contributed by atoms with Crippen molar-refractivity contribution in [2.45, 2.75) is 25.3 Å². The maximum absolute atomic E-state index is 12.2. The molecule has 1 atom stereocenters. The largest absolute Gasteiger partial charge is 0.459 e. The van der Waals surface area contributed by atoms with Gasteiger partial charge in [0.2, 0.25) is 15.9 Å². The van der Waals surface area contributed by atoms with Gasteiger partial charge in [-0.1, -0.05) is 0 Å². The number of carbonyl (C=O) groups excluding carboxylic acids is 2. The average Bonchev–Trinajstić information content (AvgIpc) is 2.99. The van der Waals surface area contributed by atoms with Crippen LogP contribution in [-0.4, -0.2) is 57.1 Å². The van der Waals surface area contributed by atoms with Crippen LogP contribution in [0, 0.1) is 0 Å². The van der Waals surface area contributed by atoms with E-state index in [9.17, 15) is 18.0 Å². The fourth-order valence-electron chi connectivity index (χ4n) is 2.49. The Kier molecular flexibility index (Phi) is 5.78. The van der Waals surface area contributed by atoms with Crippen LogP contribution in [0.2, 0.25) is 0 Å². The second-order valence-corrected chi connectivity index (χ2v) is 7.38. The molecule has 23 heavy (non-hydrogen) atoms. The summed E-state index contributed by atoms with van der Waals surface area (Å²) >= 11 is 0. The Bertz CT molecular complexity index is 641. The Morgan fingerprint density at radius 2 is 2.22 bits per heavy atom. The molecule has 0 radical (unpaired) electrons. The molecule has 2 rings (SSSR count). The van der Waals surface area contributed by atoms with Gasteiger partial charge in [0, 0.05) is 32.1 Å². The Morgan fingerprint density at radius 1 is 1.43 bits per heavy atom. The molecule has 128 valence electrons. The van der Waals surface area contributed by atoms with Gasteiger partial charge in [0.15, 0.2) is 5.76 Å². The van der Waals surface area contributed by atoms with Gasteiger partial charge in [-0.05, 0) is 25.0 Å². The van der Waals surface area contributed by atoms with E-state index in [1.54, 1.807) is 17.0 Å². The van der Waals surface area contributed by atoms with Gasteiger partial charge in [-0.15, -0.1) is 0 Å². The van der Waals surface area contributed by atoms with Crippen molar-refractivity contribution in [3.05, 3.63) is 24.2 Å². The predicted molar refractivity (Wildman–Crippen MR) is 83.2 cm³/mol. The average molecular weight is 343 g/mol. The third-order valence-corrected chi connectivity index (χ3v) is 4.25. The SMILES string of the molecule is CS(=O)(=O)NCCC(=O)NC1CCCN(C(=O)c2ccco2)C1. The molecule has 2 heterocycles. The number of likely N-dealkylation sites (tertiary alicyclic amines) is 1. The van der Waals surface area contributed by atoms with Gasteiger partial charge in [-0.2, -0.15) is 0 Å². The minimum Gasteiger partial charge on any atom is -0.459 e. The number of nitrogens with one attached hydrogen (secondary N) is 2. The summed E-state index contributed by atoms with van der Waals surface area (Å²) in [5, 5.41) is 2.84. The van der Waals surface area contributed by atoms with Crippen LogP contribution in [0.1, 0.15) is 29.8 Å². The Hall–Kier alpha value is -1.87. The van der Waals surface area contributed by atoms with E-state index >= 15 is 0 Å². The van der Waals surface area contributed by atoms with Crippen molar-refractivity contribution in [1.29, 1.82) is 0 Å². The third-order valence-electron chi connectivity index (χ3n) is 3.52. The molecule has 8 nitrogen and oxygen atoms in total. The maximum atomic E-state index is 12.2. The van der Waals surface area contributed by atoms with E-state index in [1.165, 1.54) is 6.26 Å². The molecule has 1 aliphatic heterocycles. The molecule has 0 bridgehead atoms. The number of piperidine rings is 1. The lowest BCUT2D eigenvalue weighted by atomic mass is 10.1. The van der Waals surface area contributed by atoms with Gasteiger partial charge in [0.1, 0.15) is 0 Å². The second-order valence-electron chi connectivity index (χ2n) is 5.55. The summed E-state index contributed by atoms with van der Waals surface area (Å²) in [6.07, 6.45) is 4.14. The van der Waals surface area contributed by atoms with Gasteiger partial charge in [-0.25, -0.2) is 13.1 Å². The molecule has 9 heteroatoms. The van der Waals surface area contributed by atoms with Gasteiger partial charge >= 0.3 is 0 Å². The minimum absolute atomic E-state index is 0.0619. The van der Waals surface area contributed by atoms with Gasteiger partial charge < -0.3 is 14.6 Å². The molecule has 1 aliphatic rings. The monoisotopic (exact) mass is 343 g/mol. The summed E-state index contributed by atoms with van der Waals surface area (Å²) in [5.41, 5.74) is 0. The van der Waals surface area contributed by atoms with E-state index in [0.717, 1.165) is 19.1 Å². The quantitative estimate of drug-likeness (QED) is 0.752. The Labute approximate surface area is 135 Å². The first-order valence-corrected chi connectivity index (χ1v) is 9.31. The van der Waals surface area contributed by atoms with Crippen molar-refractivity contribution >= 4 is 21.8 Å². The molecule has 0 spiro atoms. The number of sulfonamides is 1. The van der Waals surface area contributed by atoms with Crippen LogP contribution in [0.25, 0.3) is 0 Å². The molecule has 1 aromatic rings. The fraction of sp³-hybridized carbons (Fsp3) is 0.571. The zero-order valence-electron chi connectivity index (χ0n) is 12.9. The number of furan rings is 1. The molecule has 2 amide bonds. The zero-order valence-corrected chi connectivity index (χ0v) is 13.8. The number of hydrogen-bond acceptors (Lipinski definition) is 5. The predicted octanol–water partition coefficient (Wildman–Crippen LogP) is -0.0603. The summed E-state index contributed by atoms with van der Waals surface area (Å²) in [6.45, 7) is 1.11. The Morgan fingerprint density at radius 3 is 2.87 bits per heavy atom. The molecule has 1 aromatic heterocycles. The topological polar surface area (TPSA) is 109 Å². The molecule has 1 fully saturated rings. The third kappa shape index (κ3) is 5.68. The lowest BCUT2D eigenvalue weighted by Crippen LogP contribution is -2.49. The molecular weight excluding hydrogens is 322 g/mol. The maximum Gasteiger partial charge on any atom is 0.289 e. The summed E-state index contributed by atoms with van der Waals surface area (Å²) in [5.74, 6) is -0.138. The van der Waals surface area contributed by atoms with Crippen LogP contribution < -0.4 is 10.0 Å². The van der Waals surface area contributed by atoms with Crippen LogP contribution in [0.3, 0.4) is 0 Å². The number of amides is 2. The molecular formula is C14H21N3O5S. The Balaban J connectivity index is 1.79. The van der Waals surface area contributed by atoms with Crippen LogP contribution >= 0.6 is 0 Å². The standard InChI is InChI=1S/C14H21N3O5S/c1-23(20,21)15-7-6-13(18)16-11-4-2-8-17(10-11)14(19)12-5-3-9-22-12/h3,5,9,11,15H,2,4,6-8,10H2,1H3,(H,16,18). The van der Waals surface area contributed by atoms with Gasteiger partial charge in [-0.3, -0.25) is 9.59 Å². The lowest BCUT2D eigenvalue weighted by molar-refractivity contribution is -0.121.